The van der Waals surface area contributed by atoms with Gasteiger partial charge in [0.15, 0.2) is 5.78 Å². The molecule has 4 aliphatic heterocycles. The summed E-state index contributed by atoms with van der Waals surface area (Å²) in [5.74, 6) is 0.234. The first-order valence-corrected chi connectivity index (χ1v) is 46.4. The Labute approximate surface area is 729 Å². The van der Waals surface area contributed by atoms with E-state index in [1.807, 2.05) is 145 Å². The molecular weight excluding hydrogens is 1640 g/mol. The summed E-state index contributed by atoms with van der Waals surface area (Å²) in [5.41, 5.74) is 23.4. The molecule has 5 aliphatic rings. The second-order valence-corrected chi connectivity index (χ2v) is 36.5. The summed E-state index contributed by atoms with van der Waals surface area (Å²) in [7, 11) is 1.84. The van der Waals surface area contributed by atoms with Crippen molar-refractivity contribution < 1.29 is 33.6 Å². The van der Waals surface area contributed by atoms with Gasteiger partial charge in [0.05, 0.1) is 67.0 Å². The Balaban J connectivity index is 0.000000132. The lowest BCUT2D eigenvalue weighted by molar-refractivity contribution is -0.124. The van der Waals surface area contributed by atoms with Crippen LogP contribution in [0.25, 0.3) is 40.9 Å². The average molecular weight is 1740 g/mol. The van der Waals surface area contributed by atoms with Crippen LogP contribution in [0.3, 0.4) is 0 Å². The van der Waals surface area contributed by atoms with Gasteiger partial charge in [-0.3, -0.25) is 38.7 Å². The highest BCUT2D eigenvalue weighted by atomic mass is 32.1. The van der Waals surface area contributed by atoms with Gasteiger partial charge in [0.2, 0.25) is 0 Å². The first kappa shape index (κ1) is 86.4. The van der Waals surface area contributed by atoms with E-state index in [4.69, 9.17) is 11.5 Å². The Hall–Kier alpha value is -11.0. The number of thiophene rings is 2. The largest absolute Gasteiger partial charge is 0.399 e. The number of likely N-dealkylation sites (N-methyl/N-ethyl adjacent to an activating group) is 1. The van der Waals surface area contributed by atoms with Gasteiger partial charge in [0.25, 0.3) is 23.6 Å². The monoisotopic (exact) mass is 1740 g/mol. The number of amides is 4. The van der Waals surface area contributed by atoms with Crippen LogP contribution in [0.4, 0.5) is 51.2 Å². The number of nitrogen functional groups attached to an aromatic ring is 1. The standard InChI is InChI=1S/C24H27N5O2S.C24H27N3OS2.C23H26N4O2S2.C20H21N5O2S/c1-16(30)24(26-2)10-12-29(13-11-24)21-9-4-3-8-19(21)27-22(31)20-15-32-23(28-20)17-6-5-7-18(25)14-17;28-22(19-17-30-23(26-19)21-9-6-16-29-21)25-18-7-2-3-8-20(18)27-14-12-24(13-15-27)10-4-1-5-11-24;1-15(28)17-6-7-18(20(12-17)27-10-2-4-16(13-27)8-9-24)25-22(29)19-14-31-23(26-19)21-5-3-11-30-21;1-13(26)14-6-8-25(9-7-14)18-5-3-2-4-16(18)23-19(27)17-12-28-20(24-17)15-10-21-22-11-15/h3-9,14-15,26H,10-13,25H2,1-2H3,(H,27,31);2-3,6-9,16-17H,1,4-5,10-15H2,(H,25,28);3,5-7,11-12,14,16H,2,4,8-10,13,24H2,1H3,(H,25,29);2-5,10-12,14H,6-9H2,1H3,(H,21,22)(H,23,27). The lowest BCUT2D eigenvalue weighted by Crippen LogP contribution is -2.56. The van der Waals surface area contributed by atoms with E-state index in [0.29, 0.717) is 57.6 Å². The highest BCUT2D eigenvalue weighted by Crippen LogP contribution is 2.47. The third-order valence-electron chi connectivity index (χ3n) is 23.4. The Kier molecular flexibility index (Phi) is 29.0. The van der Waals surface area contributed by atoms with Crippen molar-refractivity contribution in [2.24, 2.45) is 23.0 Å². The highest BCUT2D eigenvalue weighted by Gasteiger charge is 2.39. The molecule has 7 aromatic heterocycles. The number of benzene rings is 5. The number of para-hydroxylation sites is 6. The van der Waals surface area contributed by atoms with Crippen molar-refractivity contribution in [3.05, 3.63) is 213 Å². The quantitative estimate of drug-likeness (QED) is 0.0231. The zero-order valence-electron chi connectivity index (χ0n) is 68.3. The predicted molar refractivity (Wildman–Crippen MR) is 495 cm³/mol. The summed E-state index contributed by atoms with van der Waals surface area (Å²) in [6.45, 7) is 12.5. The maximum atomic E-state index is 13.0. The van der Waals surface area contributed by atoms with Crippen molar-refractivity contribution >= 4 is 160 Å². The Morgan fingerprint density at radius 3 is 1.40 bits per heavy atom. The molecule has 11 heterocycles. The van der Waals surface area contributed by atoms with Crippen molar-refractivity contribution in [1.29, 1.82) is 0 Å². The van der Waals surface area contributed by atoms with Crippen LogP contribution in [0, 0.1) is 17.3 Å². The van der Waals surface area contributed by atoms with Crippen molar-refractivity contribution in [2.75, 3.05) is 113 Å². The maximum Gasteiger partial charge on any atom is 0.275 e. The minimum absolute atomic E-state index is 0.00901. The minimum Gasteiger partial charge on any atom is -0.399 e. The fourth-order valence-corrected chi connectivity index (χ4v) is 21.3. The number of piperidine rings is 4. The van der Waals surface area contributed by atoms with E-state index in [1.54, 1.807) is 78.0 Å². The topological polar surface area (TPSA) is 325 Å². The van der Waals surface area contributed by atoms with Gasteiger partial charge in [-0.2, -0.15) is 5.10 Å². The van der Waals surface area contributed by atoms with Gasteiger partial charge in [-0.1, -0.05) is 79.9 Å². The molecular formula is C91H101N17O7S6. The fourth-order valence-electron chi connectivity index (χ4n) is 16.5. The van der Waals surface area contributed by atoms with Crippen LogP contribution in [-0.2, 0) is 9.59 Å². The van der Waals surface area contributed by atoms with Crippen molar-refractivity contribution in [2.45, 2.75) is 116 Å². The third kappa shape index (κ3) is 21.7. The van der Waals surface area contributed by atoms with Crippen LogP contribution in [-0.4, -0.2) is 143 Å². The summed E-state index contributed by atoms with van der Waals surface area (Å²) in [4.78, 5) is 117. The molecule has 1 saturated carbocycles. The number of aromatic nitrogens is 6. The van der Waals surface area contributed by atoms with Gasteiger partial charge in [-0.25, -0.2) is 19.9 Å². The van der Waals surface area contributed by atoms with E-state index in [0.717, 1.165) is 178 Å². The second-order valence-electron chi connectivity index (χ2n) is 31.2. The zero-order valence-corrected chi connectivity index (χ0v) is 73.2. The van der Waals surface area contributed by atoms with Crippen LogP contribution in [0.5, 0.6) is 0 Å². The lowest BCUT2D eigenvalue weighted by Gasteiger charge is -2.45. The number of thiazole rings is 4. The summed E-state index contributed by atoms with van der Waals surface area (Å²) < 4.78 is 0. The number of hydrogen-bond acceptors (Lipinski definition) is 25. The van der Waals surface area contributed by atoms with Gasteiger partial charge >= 0.3 is 0 Å². The van der Waals surface area contributed by atoms with Crippen LogP contribution >= 0.6 is 68.0 Å². The van der Waals surface area contributed by atoms with Crippen LogP contribution < -0.4 is 57.7 Å². The molecule has 4 saturated heterocycles. The van der Waals surface area contributed by atoms with E-state index in [-0.39, 0.29) is 46.9 Å². The number of nitrogens with two attached hydrogens (primary N) is 2. The third-order valence-corrected chi connectivity index (χ3v) is 29.0. The highest BCUT2D eigenvalue weighted by molar-refractivity contribution is 7.20. The molecule has 10 N–H and O–H groups in total. The molecule has 1 unspecified atom stereocenters. The summed E-state index contributed by atoms with van der Waals surface area (Å²) >= 11 is 9.05. The average Bonchev–Trinajstić information content (AvgIpc) is 1.44. The number of aromatic amines is 1. The van der Waals surface area contributed by atoms with Gasteiger partial charge in [-0.15, -0.1) is 68.0 Å². The summed E-state index contributed by atoms with van der Waals surface area (Å²) in [6, 6.07) is 44.6. The van der Waals surface area contributed by atoms with E-state index >= 15 is 0 Å². The molecule has 628 valence electrons. The van der Waals surface area contributed by atoms with Gasteiger partial charge < -0.3 is 57.7 Å². The number of hydrogen-bond donors (Lipinski definition) is 8. The molecule has 12 aromatic rings. The Bertz CT molecular complexity index is 5510. The molecule has 1 spiro atoms. The molecule has 1 atom stereocenters. The fraction of sp³-hybridized carbons (Fsp3) is 0.341. The minimum atomic E-state index is -0.466. The number of carbonyl (C=O) groups is 7. The number of H-pyrrole nitrogens is 1. The lowest BCUT2D eigenvalue weighted by atomic mass is 9.68. The molecule has 5 aromatic carbocycles. The maximum absolute atomic E-state index is 13.0. The van der Waals surface area contributed by atoms with Crippen LogP contribution in [0.2, 0.25) is 0 Å². The van der Waals surface area contributed by atoms with E-state index in [9.17, 15) is 33.6 Å². The van der Waals surface area contributed by atoms with Crippen molar-refractivity contribution in [3.63, 3.8) is 0 Å². The van der Waals surface area contributed by atoms with Gasteiger partial charge in [-0.05, 0) is 206 Å². The smallest absolute Gasteiger partial charge is 0.275 e. The predicted octanol–water partition coefficient (Wildman–Crippen LogP) is 18.9. The molecule has 1 aliphatic carbocycles. The molecule has 24 nitrogen and oxygen atoms in total. The molecule has 0 bridgehead atoms. The normalized spacial score (nSPS) is 16.3. The number of rotatable bonds is 22. The molecule has 5 fully saturated rings. The molecule has 121 heavy (non-hydrogen) atoms. The van der Waals surface area contributed by atoms with E-state index < -0.39 is 5.54 Å². The first-order valence-electron chi connectivity index (χ1n) is 41.1. The summed E-state index contributed by atoms with van der Waals surface area (Å²) in [6.07, 6.45) is 19.3. The number of ketones is 3. The number of carbonyl (C=O) groups excluding carboxylic acids is 7. The Morgan fingerprint density at radius 2 is 0.950 bits per heavy atom. The first-order chi connectivity index (χ1) is 58.8. The Morgan fingerprint density at radius 1 is 0.471 bits per heavy atom. The zero-order chi connectivity index (χ0) is 84.4. The van der Waals surface area contributed by atoms with E-state index in [2.05, 4.69) is 88.4 Å². The number of Topliss-reactive ketones (excluding diaryl/α,β-unsaturated/α-hetero) is 3. The van der Waals surface area contributed by atoms with Crippen molar-refractivity contribution in [1.82, 2.24) is 35.5 Å². The number of anilines is 9. The molecule has 30 heteroatoms. The SMILES string of the molecule is CC(=O)C1CCN(c2ccccc2NC(=O)c2csc(-c3cn[nH]c3)n2)CC1.CC(=O)c1ccc(NC(=O)c2csc(-c3cccs3)n2)c(N2CCCC(CCN)C2)c1.CNC1(C(C)=O)CCN(c2ccccc2NC(=O)c2csc(-c3cccc(N)c3)n2)CC1.O=C(Nc1ccccc1N1CCC2(CCCCC2)CC1)c1csc(-c2cccs2)n1. The number of nitrogens with one attached hydrogen (secondary N) is 6. The van der Waals surface area contributed by atoms with Crippen molar-refractivity contribution in [3.8, 4) is 40.9 Å². The molecule has 0 radical (unpaired) electrons. The van der Waals surface area contributed by atoms with Gasteiger partial charge in [0.1, 0.15) is 54.4 Å². The summed E-state index contributed by atoms with van der Waals surface area (Å²) in [5, 5.41) is 36.4. The number of nitrogens with zero attached hydrogens (tertiary/aromatic N) is 9. The molecule has 4 amide bonds. The van der Waals surface area contributed by atoms with Gasteiger partial charge in [0, 0.05) is 108 Å². The van der Waals surface area contributed by atoms with Crippen LogP contribution in [0.15, 0.2) is 184 Å². The molecule has 17 rings (SSSR count). The van der Waals surface area contributed by atoms with E-state index in [1.165, 1.54) is 90.3 Å². The van der Waals surface area contributed by atoms with Crippen LogP contribution in [0.1, 0.15) is 163 Å². The second kappa shape index (κ2) is 40.6.